The van der Waals surface area contributed by atoms with Gasteiger partial charge in [0.2, 0.25) is 10.0 Å². The lowest BCUT2D eigenvalue weighted by Gasteiger charge is -2.34. The van der Waals surface area contributed by atoms with Crippen LogP contribution in [0.3, 0.4) is 0 Å². The normalized spacial score (nSPS) is 20.0. The molecule has 1 saturated carbocycles. The van der Waals surface area contributed by atoms with Gasteiger partial charge in [-0.05, 0) is 71.2 Å². The number of nitrogens with zero attached hydrogens (tertiary/aromatic N) is 2. The van der Waals surface area contributed by atoms with Crippen LogP contribution in [-0.2, 0) is 14.8 Å². The number of benzene rings is 1. The van der Waals surface area contributed by atoms with Crippen molar-refractivity contribution in [1.82, 2.24) is 9.21 Å². The first kappa shape index (κ1) is 25.1. The second-order valence-electron chi connectivity index (χ2n) is 8.60. The third-order valence-electron chi connectivity index (χ3n) is 6.08. The van der Waals surface area contributed by atoms with Crippen molar-refractivity contribution in [3.05, 3.63) is 42.5 Å². The molecule has 1 aliphatic rings. The summed E-state index contributed by atoms with van der Waals surface area (Å²) in [6.45, 7) is 8.62. The summed E-state index contributed by atoms with van der Waals surface area (Å²) in [7, 11) is 0.416. The summed E-state index contributed by atoms with van der Waals surface area (Å²) in [4.78, 5) is 2.67. The van der Waals surface area contributed by atoms with Gasteiger partial charge in [-0.25, -0.2) is 8.42 Å². The minimum atomic E-state index is -3.43. The van der Waals surface area contributed by atoms with Gasteiger partial charge in [-0.15, -0.1) is 6.58 Å². The van der Waals surface area contributed by atoms with Gasteiger partial charge >= 0.3 is 0 Å². The van der Waals surface area contributed by atoms with Gasteiger partial charge in [-0.3, -0.25) is 0 Å². The minimum Gasteiger partial charge on any atom is -0.378 e. The van der Waals surface area contributed by atoms with Crippen LogP contribution < -0.4 is 0 Å². The Bertz CT molecular complexity index is 725. The summed E-state index contributed by atoms with van der Waals surface area (Å²) < 4.78 is 33.4. The number of hydrogen-bond acceptors (Lipinski definition) is 4. The van der Waals surface area contributed by atoms with E-state index >= 15 is 0 Å². The van der Waals surface area contributed by atoms with E-state index in [0.717, 1.165) is 57.4 Å². The molecule has 1 fully saturated rings. The zero-order valence-electron chi connectivity index (χ0n) is 19.1. The smallest absolute Gasteiger partial charge is 0.243 e. The van der Waals surface area contributed by atoms with E-state index in [4.69, 9.17) is 4.74 Å². The van der Waals surface area contributed by atoms with Crippen molar-refractivity contribution in [1.29, 1.82) is 0 Å². The molecule has 5 nitrogen and oxygen atoms in total. The lowest BCUT2D eigenvalue weighted by molar-refractivity contribution is 0.0156. The molecule has 0 atom stereocenters. The van der Waals surface area contributed by atoms with Crippen molar-refractivity contribution in [2.75, 3.05) is 33.8 Å². The third kappa shape index (κ3) is 7.80. The standard InChI is InChI=1S/C24H40N2O3S/c1-5-18-25(3)19-8-6-7-9-20-29-23-14-12-22(13-15-23)26(4)30(27,28)24-16-10-21(2)11-17-24/h5,10-11,16-17,22-23H,1,6-9,12-15,18-20H2,2-4H3. The Morgan fingerprint density at radius 2 is 1.67 bits per heavy atom. The van der Waals surface area contributed by atoms with Gasteiger partial charge in [-0.2, -0.15) is 4.31 Å². The number of likely N-dealkylation sites (N-methyl/N-ethyl adjacent to an activating group) is 1. The lowest BCUT2D eigenvalue weighted by atomic mass is 9.93. The Kier molecular flexibility index (Phi) is 10.5. The molecule has 1 aromatic carbocycles. The van der Waals surface area contributed by atoms with Crippen LogP contribution in [0.5, 0.6) is 0 Å². The Balaban J connectivity index is 1.64. The van der Waals surface area contributed by atoms with Gasteiger partial charge in [0.15, 0.2) is 0 Å². The fourth-order valence-corrected chi connectivity index (χ4v) is 5.46. The van der Waals surface area contributed by atoms with Crippen LogP contribution in [0.4, 0.5) is 0 Å². The molecule has 170 valence electrons. The van der Waals surface area contributed by atoms with Crippen molar-refractivity contribution in [2.45, 2.75) is 75.3 Å². The highest BCUT2D eigenvalue weighted by atomic mass is 32.2. The second-order valence-corrected chi connectivity index (χ2v) is 10.6. The second kappa shape index (κ2) is 12.6. The molecule has 2 rings (SSSR count). The van der Waals surface area contributed by atoms with E-state index in [-0.39, 0.29) is 12.1 Å². The van der Waals surface area contributed by atoms with E-state index in [1.54, 1.807) is 23.5 Å². The molecule has 1 aliphatic carbocycles. The molecule has 0 aliphatic heterocycles. The maximum atomic E-state index is 12.9. The monoisotopic (exact) mass is 436 g/mol. The predicted octanol–water partition coefficient (Wildman–Crippen LogP) is 4.62. The summed E-state index contributed by atoms with van der Waals surface area (Å²) in [6, 6.07) is 7.17. The first-order valence-electron chi connectivity index (χ1n) is 11.3. The van der Waals surface area contributed by atoms with Crippen molar-refractivity contribution < 1.29 is 13.2 Å². The first-order valence-corrected chi connectivity index (χ1v) is 12.7. The lowest BCUT2D eigenvalue weighted by Crippen LogP contribution is -2.40. The van der Waals surface area contributed by atoms with Crippen molar-refractivity contribution >= 4 is 10.0 Å². The number of hydrogen-bond donors (Lipinski definition) is 0. The largest absolute Gasteiger partial charge is 0.378 e. The highest BCUT2D eigenvalue weighted by Gasteiger charge is 2.31. The number of rotatable bonds is 13. The van der Waals surface area contributed by atoms with Gasteiger partial charge < -0.3 is 9.64 Å². The predicted molar refractivity (Wildman–Crippen MR) is 124 cm³/mol. The van der Waals surface area contributed by atoms with Gasteiger partial charge in [0.1, 0.15) is 0 Å². The summed E-state index contributed by atoms with van der Waals surface area (Å²) in [6.07, 6.45) is 10.6. The Morgan fingerprint density at radius 1 is 1.03 bits per heavy atom. The average molecular weight is 437 g/mol. The van der Waals surface area contributed by atoms with E-state index in [2.05, 4.69) is 18.5 Å². The Morgan fingerprint density at radius 3 is 2.30 bits per heavy atom. The summed E-state index contributed by atoms with van der Waals surface area (Å²) in [5.41, 5.74) is 1.06. The quantitative estimate of drug-likeness (QED) is 0.334. The number of unbranched alkanes of at least 4 members (excludes halogenated alkanes) is 3. The third-order valence-corrected chi connectivity index (χ3v) is 8.01. The molecule has 0 aromatic heterocycles. The molecule has 0 bridgehead atoms. The van der Waals surface area contributed by atoms with Gasteiger partial charge in [-0.1, -0.05) is 36.6 Å². The molecule has 0 unspecified atom stereocenters. The Hall–Kier alpha value is -1.21. The van der Waals surface area contributed by atoms with Crippen molar-refractivity contribution in [2.24, 2.45) is 0 Å². The summed E-state index contributed by atoms with van der Waals surface area (Å²) in [5.74, 6) is 0. The molecule has 30 heavy (non-hydrogen) atoms. The van der Waals surface area contributed by atoms with Crippen molar-refractivity contribution in [3.8, 4) is 0 Å². The average Bonchev–Trinajstić information content (AvgIpc) is 2.73. The topological polar surface area (TPSA) is 49.9 Å². The summed E-state index contributed by atoms with van der Waals surface area (Å²) in [5, 5.41) is 0. The number of sulfonamides is 1. The fourth-order valence-electron chi connectivity index (χ4n) is 4.05. The van der Waals surface area contributed by atoms with E-state index in [1.165, 1.54) is 19.3 Å². The van der Waals surface area contributed by atoms with Crippen LogP contribution >= 0.6 is 0 Å². The van der Waals surface area contributed by atoms with Gasteiger partial charge in [0.05, 0.1) is 11.0 Å². The molecule has 0 N–H and O–H groups in total. The molecular formula is C24H40N2O3S. The highest BCUT2D eigenvalue weighted by Crippen LogP contribution is 2.28. The summed E-state index contributed by atoms with van der Waals surface area (Å²) >= 11 is 0. The van der Waals surface area contributed by atoms with Crippen LogP contribution in [0.15, 0.2) is 41.8 Å². The van der Waals surface area contributed by atoms with E-state index in [1.807, 2.05) is 25.1 Å². The van der Waals surface area contributed by atoms with E-state index < -0.39 is 10.0 Å². The molecule has 6 heteroatoms. The molecular weight excluding hydrogens is 396 g/mol. The number of ether oxygens (including phenoxy) is 1. The van der Waals surface area contributed by atoms with Crippen LogP contribution in [0.2, 0.25) is 0 Å². The molecule has 0 heterocycles. The molecule has 0 spiro atoms. The van der Waals surface area contributed by atoms with Crippen LogP contribution in [0.1, 0.15) is 56.9 Å². The minimum absolute atomic E-state index is 0.0590. The first-order chi connectivity index (χ1) is 14.3. The molecule has 1 aromatic rings. The fraction of sp³-hybridized carbons (Fsp3) is 0.667. The Labute approximate surface area is 184 Å². The van der Waals surface area contributed by atoms with Gasteiger partial charge in [0.25, 0.3) is 0 Å². The zero-order valence-corrected chi connectivity index (χ0v) is 19.9. The van der Waals surface area contributed by atoms with E-state index in [0.29, 0.717) is 4.90 Å². The van der Waals surface area contributed by atoms with Gasteiger partial charge in [0, 0.05) is 26.2 Å². The van der Waals surface area contributed by atoms with Crippen LogP contribution in [0.25, 0.3) is 0 Å². The maximum Gasteiger partial charge on any atom is 0.243 e. The SMILES string of the molecule is C=CCN(C)CCCCCCOC1CCC(N(C)S(=O)(=O)c2ccc(C)cc2)CC1. The molecule has 0 saturated heterocycles. The van der Waals surface area contributed by atoms with E-state index in [9.17, 15) is 8.42 Å². The van der Waals surface area contributed by atoms with Crippen LogP contribution in [-0.4, -0.2) is 63.6 Å². The number of aryl methyl sites for hydroxylation is 1. The molecule has 0 radical (unpaired) electrons. The molecule has 0 amide bonds. The zero-order chi connectivity index (χ0) is 22.0. The van der Waals surface area contributed by atoms with Crippen molar-refractivity contribution in [3.63, 3.8) is 0 Å². The van der Waals surface area contributed by atoms with Crippen LogP contribution in [0, 0.1) is 6.92 Å². The highest BCUT2D eigenvalue weighted by molar-refractivity contribution is 7.89. The maximum absolute atomic E-state index is 12.9.